The molecular formula is C33H39ClFN7O3. The maximum atomic E-state index is 14.6. The number of carboxylic acids is 1. The molecule has 5 aliphatic rings. The normalized spacial score (nSPS) is 28.0. The van der Waals surface area contributed by atoms with Gasteiger partial charge in [0.1, 0.15) is 18.6 Å². The van der Waals surface area contributed by atoms with Gasteiger partial charge in [-0.25, -0.2) is 9.18 Å². The third kappa shape index (κ3) is 4.72. The fourth-order valence-electron chi connectivity index (χ4n) is 8.86. The van der Waals surface area contributed by atoms with Gasteiger partial charge in [-0.15, -0.1) is 0 Å². The minimum absolute atomic E-state index is 0.122. The fraction of sp³-hybridized carbons (Fsp3) is 0.576. The molecule has 3 atom stereocenters. The van der Waals surface area contributed by atoms with Crippen LogP contribution >= 0.6 is 11.6 Å². The maximum Gasteiger partial charge on any atom is 0.357 e. The number of nitrogens with zero attached hydrogens (tertiary/aromatic N) is 7. The second-order valence-electron chi connectivity index (χ2n) is 13.6. The number of anilines is 1. The standard InChI is InChI=1S/C33H39ClFN7O3/c1-39-18-23-25(16-33(39)11-4-8-21-7-2-3-9-24(21)33)36-31(45-20-32-10-5-13-41(32)17-22(35)15-32)37-29(23)40-12-6-14-42-26(19-40)27(34)28(38-42)30(43)44/h2-3,7,9,22H,4-6,8,10-20H2,1H3,(H,43,44)/t22-,32?,33+/m1/s1. The molecule has 45 heavy (non-hydrogen) atoms. The predicted molar refractivity (Wildman–Crippen MR) is 167 cm³/mol. The molecule has 2 saturated heterocycles. The zero-order chi connectivity index (χ0) is 30.9. The topological polar surface area (TPSA) is 99.9 Å². The Morgan fingerprint density at radius 1 is 1.13 bits per heavy atom. The minimum atomic E-state index is -1.13. The highest BCUT2D eigenvalue weighted by atomic mass is 35.5. The van der Waals surface area contributed by atoms with Crippen LogP contribution in [-0.4, -0.2) is 85.6 Å². The summed E-state index contributed by atoms with van der Waals surface area (Å²) in [5.74, 6) is -0.344. The van der Waals surface area contributed by atoms with E-state index in [-0.39, 0.29) is 21.8 Å². The van der Waals surface area contributed by atoms with E-state index < -0.39 is 12.1 Å². The van der Waals surface area contributed by atoms with Crippen molar-refractivity contribution in [2.45, 2.75) is 88.3 Å². The smallest absolute Gasteiger partial charge is 0.357 e. The Balaban J connectivity index is 1.20. The van der Waals surface area contributed by atoms with Crippen molar-refractivity contribution in [1.29, 1.82) is 0 Å². The van der Waals surface area contributed by atoms with Crippen molar-refractivity contribution < 1.29 is 19.0 Å². The summed E-state index contributed by atoms with van der Waals surface area (Å²) in [6, 6.07) is 9.11. The minimum Gasteiger partial charge on any atom is -0.476 e. The Morgan fingerprint density at radius 3 is 2.87 bits per heavy atom. The third-order valence-corrected chi connectivity index (χ3v) is 11.5. The van der Waals surface area contributed by atoms with Crippen LogP contribution in [0.2, 0.25) is 5.02 Å². The first kappa shape index (κ1) is 29.1. The van der Waals surface area contributed by atoms with Crippen molar-refractivity contribution in [3.63, 3.8) is 0 Å². The fourth-order valence-corrected chi connectivity index (χ4v) is 9.13. The van der Waals surface area contributed by atoms with E-state index in [1.54, 1.807) is 4.68 Å². The molecule has 8 rings (SSSR count). The Morgan fingerprint density at radius 2 is 2.00 bits per heavy atom. The van der Waals surface area contributed by atoms with Gasteiger partial charge in [0.15, 0.2) is 5.69 Å². The molecule has 3 aromatic rings. The van der Waals surface area contributed by atoms with Crippen LogP contribution < -0.4 is 9.64 Å². The van der Waals surface area contributed by atoms with Crippen LogP contribution in [0.5, 0.6) is 6.01 Å². The molecule has 10 nitrogen and oxygen atoms in total. The number of hydrogen-bond donors (Lipinski definition) is 1. The van der Waals surface area contributed by atoms with Gasteiger partial charge in [0.05, 0.1) is 34.0 Å². The van der Waals surface area contributed by atoms with Crippen molar-refractivity contribution in [2.75, 3.05) is 38.2 Å². The molecule has 12 heteroatoms. The zero-order valence-corrected chi connectivity index (χ0v) is 26.4. The lowest BCUT2D eigenvalue weighted by Gasteiger charge is -2.49. The first-order chi connectivity index (χ1) is 21.8. The summed E-state index contributed by atoms with van der Waals surface area (Å²) in [6.07, 6.45) is 6.33. The van der Waals surface area contributed by atoms with E-state index in [1.165, 1.54) is 11.1 Å². The predicted octanol–water partition coefficient (Wildman–Crippen LogP) is 4.61. The van der Waals surface area contributed by atoms with Gasteiger partial charge in [-0.2, -0.15) is 15.1 Å². The maximum absolute atomic E-state index is 14.6. The Hall–Kier alpha value is -3.28. The summed E-state index contributed by atoms with van der Waals surface area (Å²) in [5, 5.41) is 14.1. The summed E-state index contributed by atoms with van der Waals surface area (Å²) < 4.78 is 22.8. The van der Waals surface area contributed by atoms with E-state index in [0.717, 1.165) is 68.6 Å². The second-order valence-corrected chi connectivity index (χ2v) is 14.0. The molecule has 0 saturated carbocycles. The van der Waals surface area contributed by atoms with Crippen molar-refractivity contribution in [3.8, 4) is 6.01 Å². The van der Waals surface area contributed by atoms with Gasteiger partial charge in [0.25, 0.3) is 0 Å². The molecule has 0 radical (unpaired) electrons. The quantitative estimate of drug-likeness (QED) is 0.431. The average molecular weight is 636 g/mol. The lowest BCUT2D eigenvalue weighted by Crippen LogP contribution is -2.51. The highest BCUT2D eigenvalue weighted by Crippen LogP contribution is 2.47. The van der Waals surface area contributed by atoms with Crippen LogP contribution in [0.15, 0.2) is 24.3 Å². The summed E-state index contributed by atoms with van der Waals surface area (Å²) in [6.45, 7) is 4.04. The van der Waals surface area contributed by atoms with E-state index in [4.69, 9.17) is 26.3 Å². The molecule has 238 valence electrons. The summed E-state index contributed by atoms with van der Waals surface area (Å²) in [5.41, 5.74) is 4.89. The summed E-state index contributed by atoms with van der Waals surface area (Å²) in [7, 11) is 2.20. The van der Waals surface area contributed by atoms with Gasteiger partial charge in [-0.1, -0.05) is 35.9 Å². The van der Waals surface area contributed by atoms with Gasteiger partial charge in [0, 0.05) is 44.6 Å². The Kier molecular flexibility index (Phi) is 7.07. The van der Waals surface area contributed by atoms with Crippen LogP contribution in [0, 0.1) is 0 Å². The number of alkyl halides is 1. The van der Waals surface area contributed by atoms with Crippen molar-refractivity contribution in [1.82, 2.24) is 29.5 Å². The molecule has 1 aliphatic carbocycles. The van der Waals surface area contributed by atoms with Gasteiger partial charge in [0.2, 0.25) is 0 Å². The molecule has 0 bridgehead atoms. The van der Waals surface area contributed by atoms with E-state index in [9.17, 15) is 14.3 Å². The third-order valence-electron chi connectivity index (χ3n) is 11.1. The number of aryl methyl sites for hydroxylation is 2. The van der Waals surface area contributed by atoms with E-state index in [0.29, 0.717) is 57.5 Å². The van der Waals surface area contributed by atoms with Crippen LogP contribution in [0.3, 0.4) is 0 Å². The number of carbonyl (C=O) groups is 1. The van der Waals surface area contributed by atoms with Crippen molar-refractivity contribution in [3.05, 3.63) is 63.1 Å². The number of benzene rings is 1. The number of aromatic carboxylic acids is 1. The second kappa shape index (κ2) is 10.9. The number of carboxylic acid groups (broad SMARTS) is 1. The lowest BCUT2D eigenvalue weighted by atomic mass is 9.71. The zero-order valence-electron chi connectivity index (χ0n) is 25.6. The molecule has 2 fully saturated rings. The molecule has 2 aromatic heterocycles. The van der Waals surface area contributed by atoms with E-state index in [1.807, 2.05) is 0 Å². The molecule has 4 aliphatic heterocycles. The average Bonchev–Trinajstić information content (AvgIpc) is 3.59. The number of fused-ring (bicyclic) bond motifs is 5. The Labute approximate surface area is 267 Å². The van der Waals surface area contributed by atoms with Gasteiger partial charge in [-0.3, -0.25) is 14.5 Å². The lowest BCUT2D eigenvalue weighted by molar-refractivity contribution is 0.0689. The SMILES string of the molecule is CN1Cc2c(nc(OCC34CCCN3C[C@H](F)C4)nc2N2CCCn3nc(C(=O)O)c(Cl)c3C2)C[C@]12CCCc1ccccc12. The number of ether oxygens (including phenoxy) is 1. The first-order valence-corrected chi connectivity index (χ1v) is 16.6. The van der Waals surface area contributed by atoms with Gasteiger partial charge < -0.3 is 14.7 Å². The Bertz CT molecular complexity index is 1670. The van der Waals surface area contributed by atoms with Crippen LogP contribution in [0.4, 0.5) is 10.2 Å². The number of aromatic nitrogens is 4. The number of rotatable bonds is 5. The summed E-state index contributed by atoms with van der Waals surface area (Å²) in [4.78, 5) is 28.9. The first-order valence-electron chi connectivity index (χ1n) is 16.2. The van der Waals surface area contributed by atoms with Crippen LogP contribution in [-0.2, 0) is 38.0 Å². The van der Waals surface area contributed by atoms with Gasteiger partial charge >= 0.3 is 12.0 Å². The van der Waals surface area contributed by atoms with Crippen LogP contribution in [0.25, 0.3) is 0 Å². The summed E-state index contributed by atoms with van der Waals surface area (Å²) >= 11 is 6.60. The number of hydrogen-bond acceptors (Lipinski definition) is 8. The highest BCUT2D eigenvalue weighted by Gasteiger charge is 2.50. The molecule has 1 aromatic carbocycles. The molecule has 6 heterocycles. The highest BCUT2D eigenvalue weighted by molar-refractivity contribution is 6.33. The largest absolute Gasteiger partial charge is 0.476 e. The van der Waals surface area contributed by atoms with E-state index in [2.05, 4.69) is 51.1 Å². The molecule has 0 amide bonds. The molecule has 1 unspecified atom stereocenters. The van der Waals surface area contributed by atoms with E-state index >= 15 is 0 Å². The monoisotopic (exact) mass is 635 g/mol. The molecule has 1 N–H and O–H groups in total. The number of halogens is 2. The van der Waals surface area contributed by atoms with Crippen molar-refractivity contribution >= 4 is 23.4 Å². The van der Waals surface area contributed by atoms with Crippen molar-refractivity contribution in [2.24, 2.45) is 0 Å². The molecular weight excluding hydrogens is 597 g/mol. The van der Waals surface area contributed by atoms with Gasteiger partial charge in [-0.05, 0) is 63.2 Å². The van der Waals surface area contributed by atoms with Crippen LogP contribution in [0.1, 0.15) is 77.1 Å². The number of likely N-dealkylation sites (N-methyl/N-ethyl adjacent to an activating group) is 1. The molecule has 1 spiro atoms.